The van der Waals surface area contributed by atoms with Gasteiger partial charge in [0, 0.05) is 5.54 Å². The topological polar surface area (TPSA) is 46.2 Å². The molecule has 1 saturated carbocycles. The third-order valence-electron chi connectivity index (χ3n) is 2.85. The quantitative estimate of drug-likeness (QED) is 0.512. The smallest absolute Gasteiger partial charge is 0.0617 e. The summed E-state index contributed by atoms with van der Waals surface area (Å²) in [6.45, 7) is 0.137. The van der Waals surface area contributed by atoms with Gasteiger partial charge in [0.2, 0.25) is 0 Å². The second kappa shape index (κ2) is 1.83. The van der Waals surface area contributed by atoms with Crippen LogP contribution < -0.4 is 5.73 Å². The Hall–Kier alpha value is -0.340. The zero-order chi connectivity index (χ0) is 7.19. The monoisotopic (exact) mass is 139 g/mol. The third kappa shape index (κ3) is 0.662. The van der Waals surface area contributed by atoms with E-state index in [9.17, 15) is 0 Å². The van der Waals surface area contributed by atoms with Gasteiger partial charge >= 0.3 is 0 Å². The van der Waals surface area contributed by atoms with Crippen LogP contribution in [-0.4, -0.2) is 17.3 Å². The highest BCUT2D eigenvalue weighted by molar-refractivity contribution is 5.18. The number of allylic oxidation sites excluding steroid dienone is 1. The molecule has 2 heteroatoms. The zero-order valence-corrected chi connectivity index (χ0v) is 5.96. The van der Waals surface area contributed by atoms with Crippen molar-refractivity contribution in [1.82, 2.24) is 0 Å². The summed E-state index contributed by atoms with van der Waals surface area (Å²) in [6.07, 6.45) is 6.53. The number of hydrogen-bond donors (Lipinski definition) is 2. The standard InChI is InChI=1S/C8H13NO/c9-8(5-10)4-6-1-2-7(8)3-6/h1-2,6-7,10H,3-5,9H2. The number of hydrogen-bond acceptors (Lipinski definition) is 2. The molecule has 0 radical (unpaired) electrons. The summed E-state index contributed by atoms with van der Waals surface area (Å²) >= 11 is 0. The highest BCUT2D eigenvalue weighted by Crippen LogP contribution is 2.44. The molecule has 2 aliphatic rings. The van der Waals surface area contributed by atoms with E-state index in [2.05, 4.69) is 12.2 Å². The highest BCUT2D eigenvalue weighted by Gasteiger charge is 2.44. The maximum Gasteiger partial charge on any atom is 0.0617 e. The summed E-state index contributed by atoms with van der Waals surface area (Å²) < 4.78 is 0. The van der Waals surface area contributed by atoms with Crippen molar-refractivity contribution in [3.8, 4) is 0 Å². The molecule has 1 fully saturated rings. The molecule has 0 amide bonds. The van der Waals surface area contributed by atoms with Crippen LogP contribution in [0.5, 0.6) is 0 Å². The van der Waals surface area contributed by atoms with Gasteiger partial charge in [0.1, 0.15) is 0 Å². The van der Waals surface area contributed by atoms with Gasteiger partial charge in [-0.2, -0.15) is 0 Å². The Morgan fingerprint density at radius 1 is 1.60 bits per heavy atom. The van der Waals surface area contributed by atoms with Crippen molar-refractivity contribution in [3.05, 3.63) is 12.2 Å². The van der Waals surface area contributed by atoms with Crippen LogP contribution in [0.2, 0.25) is 0 Å². The van der Waals surface area contributed by atoms with Crippen LogP contribution in [0.3, 0.4) is 0 Å². The third-order valence-corrected chi connectivity index (χ3v) is 2.85. The van der Waals surface area contributed by atoms with Crippen LogP contribution in [0.25, 0.3) is 0 Å². The molecular weight excluding hydrogens is 126 g/mol. The van der Waals surface area contributed by atoms with Gasteiger partial charge in [-0.15, -0.1) is 0 Å². The summed E-state index contributed by atoms with van der Waals surface area (Å²) in [7, 11) is 0. The van der Waals surface area contributed by atoms with Gasteiger partial charge in [-0.05, 0) is 24.7 Å². The second-order valence-corrected chi connectivity index (χ2v) is 3.58. The molecule has 0 aromatic rings. The minimum atomic E-state index is -0.278. The van der Waals surface area contributed by atoms with E-state index < -0.39 is 0 Å². The molecule has 3 atom stereocenters. The second-order valence-electron chi connectivity index (χ2n) is 3.58. The molecule has 2 aliphatic carbocycles. The Kier molecular flexibility index (Phi) is 1.17. The lowest BCUT2D eigenvalue weighted by atomic mass is 9.87. The fourth-order valence-corrected chi connectivity index (χ4v) is 2.17. The lowest BCUT2D eigenvalue weighted by Crippen LogP contribution is -2.47. The first-order valence-corrected chi connectivity index (χ1v) is 3.83. The molecule has 3 unspecified atom stereocenters. The fourth-order valence-electron chi connectivity index (χ4n) is 2.17. The molecule has 2 rings (SSSR count). The van der Waals surface area contributed by atoms with Crippen LogP contribution in [0.1, 0.15) is 12.8 Å². The first-order valence-electron chi connectivity index (χ1n) is 3.83. The molecule has 0 heterocycles. The highest BCUT2D eigenvalue weighted by atomic mass is 16.3. The number of aliphatic hydroxyl groups excluding tert-OH is 1. The van der Waals surface area contributed by atoms with E-state index >= 15 is 0 Å². The molecule has 3 N–H and O–H groups in total. The molecule has 2 nitrogen and oxygen atoms in total. The normalized spacial score (nSPS) is 50.6. The number of aliphatic hydroxyl groups is 1. The molecular formula is C8H13NO. The molecule has 10 heavy (non-hydrogen) atoms. The number of nitrogens with two attached hydrogens (primary N) is 1. The minimum Gasteiger partial charge on any atom is -0.394 e. The zero-order valence-electron chi connectivity index (χ0n) is 5.96. The predicted octanol–water partition coefficient (Wildman–Crippen LogP) is 0.272. The van der Waals surface area contributed by atoms with Crippen molar-refractivity contribution in [1.29, 1.82) is 0 Å². The summed E-state index contributed by atoms with van der Waals surface area (Å²) in [5.74, 6) is 1.10. The summed E-state index contributed by atoms with van der Waals surface area (Å²) in [5, 5.41) is 8.99. The largest absolute Gasteiger partial charge is 0.394 e. The van der Waals surface area contributed by atoms with Gasteiger partial charge in [-0.3, -0.25) is 0 Å². The Balaban J connectivity index is 2.22. The van der Waals surface area contributed by atoms with Crippen molar-refractivity contribution in [3.63, 3.8) is 0 Å². The lowest BCUT2D eigenvalue weighted by Gasteiger charge is -2.28. The van der Waals surface area contributed by atoms with Crippen molar-refractivity contribution in [2.45, 2.75) is 18.4 Å². The van der Waals surface area contributed by atoms with E-state index in [1.807, 2.05) is 0 Å². The Morgan fingerprint density at radius 2 is 2.40 bits per heavy atom. The van der Waals surface area contributed by atoms with Crippen molar-refractivity contribution < 1.29 is 5.11 Å². The molecule has 0 spiro atoms. The molecule has 0 aromatic heterocycles. The lowest BCUT2D eigenvalue weighted by molar-refractivity contribution is 0.173. The molecule has 0 aromatic carbocycles. The van der Waals surface area contributed by atoms with Crippen LogP contribution in [0.15, 0.2) is 12.2 Å². The van der Waals surface area contributed by atoms with Gasteiger partial charge in [0.15, 0.2) is 0 Å². The van der Waals surface area contributed by atoms with Crippen LogP contribution in [0.4, 0.5) is 0 Å². The van der Waals surface area contributed by atoms with Gasteiger partial charge in [0.25, 0.3) is 0 Å². The summed E-state index contributed by atoms with van der Waals surface area (Å²) in [6, 6.07) is 0. The molecule has 2 bridgehead atoms. The van der Waals surface area contributed by atoms with Gasteiger partial charge in [0.05, 0.1) is 6.61 Å². The van der Waals surface area contributed by atoms with Crippen molar-refractivity contribution in [2.75, 3.05) is 6.61 Å². The molecule has 56 valence electrons. The van der Waals surface area contributed by atoms with Crippen LogP contribution >= 0.6 is 0 Å². The SMILES string of the molecule is NC1(CO)CC2C=CC1C2. The first-order chi connectivity index (χ1) is 4.74. The Labute approximate surface area is 60.7 Å². The van der Waals surface area contributed by atoms with E-state index in [-0.39, 0.29) is 12.1 Å². The van der Waals surface area contributed by atoms with Crippen molar-refractivity contribution >= 4 is 0 Å². The fraction of sp³-hybridized carbons (Fsp3) is 0.750. The van der Waals surface area contributed by atoms with Gasteiger partial charge in [-0.25, -0.2) is 0 Å². The van der Waals surface area contributed by atoms with E-state index in [0.717, 1.165) is 12.8 Å². The number of fused-ring (bicyclic) bond motifs is 2. The van der Waals surface area contributed by atoms with E-state index in [0.29, 0.717) is 11.8 Å². The molecule has 0 aliphatic heterocycles. The van der Waals surface area contributed by atoms with Crippen molar-refractivity contribution in [2.24, 2.45) is 17.6 Å². The summed E-state index contributed by atoms with van der Waals surface area (Å²) in [4.78, 5) is 0. The Morgan fingerprint density at radius 3 is 2.70 bits per heavy atom. The predicted molar refractivity (Wildman–Crippen MR) is 39.4 cm³/mol. The maximum atomic E-state index is 8.99. The van der Waals surface area contributed by atoms with Crippen LogP contribution in [0, 0.1) is 11.8 Å². The Bertz CT molecular complexity index is 178. The number of rotatable bonds is 1. The van der Waals surface area contributed by atoms with E-state index in [4.69, 9.17) is 10.8 Å². The van der Waals surface area contributed by atoms with Gasteiger partial charge in [-0.1, -0.05) is 12.2 Å². The van der Waals surface area contributed by atoms with Crippen LogP contribution in [-0.2, 0) is 0 Å². The average Bonchev–Trinajstić information content (AvgIpc) is 2.46. The van der Waals surface area contributed by atoms with E-state index in [1.54, 1.807) is 0 Å². The minimum absolute atomic E-state index is 0.137. The van der Waals surface area contributed by atoms with E-state index in [1.165, 1.54) is 0 Å². The summed E-state index contributed by atoms with van der Waals surface area (Å²) in [5.41, 5.74) is 5.66. The average molecular weight is 139 g/mol. The molecule has 0 saturated heterocycles. The maximum absolute atomic E-state index is 8.99. The first kappa shape index (κ1) is 6.38. The van der Waals surface area contributed by atoms with Gasteiger partial charge < -0.3 is 10.8 Å².